The molecule has 0 radical (unpaired) electrons. The van der Waals surface area contributed by atoms with Gasteiger partial charge in [0, 0.05) is 11.8 Å². The zero-order valence-corrected chi connectivity index (χ0v) is 21.4. The third kappa shape index (κ3) is 6.76. The quantitative estimate of drug-likeness (QED) is 0.101. The van der Waals surface area contributed by atoms with Crippen molar-refractivity contribution in [2.24, 2.45) is 0 Å². The van der Waals surface area contributed by atoms with Gasteiger partial charge in [0.15, 0.2) is 11.5 Å². The van der Waals surface area contributed by atoms with Crippen LogP contribution < -0.4 is 14.8 Å². The first-order valence-corrected chi connectivity index (χ1v) is 11.4. The summed E-state index contributed by atoms with van der Waals surface area (Å²) < 4.78 is 50.3. The number of alkyl halides is 3. The molecule has 1 N–H and O–H groups in total. The summed E-state index contributed by atoms with van der Waals surface area (Å²) in [6.07, 6.45) is -3.45. The SMILES string of the molecule is COc1cc(/C=C(\C#N)C(=O)Nc2cccc(C)c2)cc(I)c1Oc1ccc(C(F)(F)F)cc1[N+](=O)[O-]. The van der Waals surface area contributed by atoms with E-state index in [9.17, 15) is 33.3 Å². The molecule has 3 rings (SSSR count). The molecule has 12 heteroatoms. The van der Waals surface area contributed by atoms with Crippen molar-refractivity contribution in [1.82, 2.24) is 0 Å². The molecule has 0 aliphatic heterocycles. The number of aryl methyl sites for hydroxylation is 1. The molecule has 0 saturated carbocycles. The van der Waals surface area contributed by atoms with Crippen LogP contribution in [0, 0.1) is 31.9 Å². The molecule has 37 heavy (non-hydrogen) atoms. The van der Waals surface area contributed by atoms with Gasteiger partial charge in [-0.05, 0) is 83.1 Å². The Morgan fingerprint density at radius 2 is 1.89 bits per heavy atom. The van der Waals surface area contributed by atoms with E-state index in [1.54, 1.807) is 18.2 Å². The summed E-state index contributed by atoms with van der Waals surface area (Å²) >= 11 is 1.84. The van der Waals surface area contributed by atoms with Crippen molar-refractivity contribution in [3.8, 4) is 23.3 Å². The molecule has 0 aromatic heterocycles. The van der Waals surface area contributed by atoms with E-state index in [0.29, 0.717) is 27.0 Å². The van der Waals surface area contributed by atoms with Gasteiger partial charge in [-0.1, -0.05) is 12.1 Å². The number of amides is 1. The summed E-state index contributed by atoms with van der Waals surface area (Å²) in [5.74, 6) is -0.981. The van der Waals surface area contributed by atoms with Gasteiger partial charge in [0.25, 0.3) is 5.91 Å². The maximum atomic E-state index is 13.0. The number of methoxy groups -OCH3 is 1. The lowest BCUT2D eigenvalue weighted by molar-refractivity contribution is -0.385. The predicted octanol–water partition coefficient (Wildman–Crippen LogP) is 6.87. The molecule has 8 nitrogen and oxygen atoms in total. The average Bonchev–Trinajstić information content (AvgIpc) is 2.83. The Balaban J connectivity index is 1.95. The fourth-order valence-electron chi connectivity index (χ4n) is 3.19. The lowest BCUT2D eigenvalue weighted by Crippen LogP contribution is -2.13. The minimum atomic E-state index is -4.77. The van der Waals surface area contributed by atoms with E-state index >= 15 is 0 Å². The van der Waals surface area contributed by atoms with E-state index < -0.39 is 34.0 Å². The highest BCUT2D eigenvalue weighted by atomic mass is 127. The molecule has 0 spiro atoms. The second kappa shape index (κ2) is 11.3. The largest absolute Gasteiger partial charge is 0.493 e. The monoisotopic (exact) mass is 623 g/mol. The van der Waals surface area contributed by atoms with Gasteiger partial charge in [-0.2, -0.15) is 18.4 Å². The summed E-state index contributed by atoms with van der Waals surface area (Å²) in [7, 11) is 1.29. The average molecular weight is 623 g/mol. The van der Waals surface area contributed by atoms with Gasteiger partial charge in [-0.3, -0.25) is 14.9 Å². The maximum Gasteiger partial charge on any atom is 0.416 e. The van der Waals surface area contributed by atoms with Crippen LogP contribution in [0.1, 0.15) is 16.7 Å². The summed E-state index contributed by atoms with van der Waals surface area (Å²) in [5.41, 5.74) is -0.459. The number of nitriles is 1. The summed E-state index contributed by atoms with van der Waals surface area (Å²) in [5, 5.41) is 23.6. The van der Waals surface area contributed by atoms with Crippen molar-refractivity contribution < 1.29 is 32.4 Å². The predicted molar refractivity (Wildman–Crippen MR) is 137 cm³/mol. The van der Waals surface area contributed by atoms with Gasteiger partial charge in [-0.25, -0.2) is 0 Å². The van der Waals surface area contributed by atoms with Crippen molar-refractivity contribution in [3.63, 3.8) is 0 Å². The van der Waals surface area contributed by atoms with Gasteiger partial charge in [0.05, 0.1) is 21.2 Å². The van der Waals surface area contributed by atoms with Crippen LogP contribution in [0.15, 0.2) is 60.2 Å². The number of nitrogens with zero attached hydrogens (tertiary/aromatic N) is 2. The third-order valence-corrected chi connectivity index (χ3v) is 5.70. The van der Waals surface area contributed by atoms with Crippen LogP contribution in [0.3, 0.4) is 0 Å². The van der Waals surface area contributed by atoms with Crippen LogP contribution in [0.4, 0.5) is 24.5 Å². The molecule has 0 aliphatic carbocycles. The molecule has 0 aliphatic rings. The van der Waals surface area contributed by atoms with E-state index in [-0.39, 0.29) is 17.1 Å². The molecule has 190 valence electrons. The second-order valence-electron chi connectivity index (χ2n) is 7.57. The van der Waals surface area contributed by atoms with Crippen LogP contribution in [0.2, 0.25) is 0 Å². The minimum Gasteiger partial charge on any atom is -0.493 e. The van der Waals surface area contributed by atoms with E-state index in [1.165, 1.54) is 25.3 Å². The Labute approximate surface area is 222 Å². The highest BCUT2D eigenvalue weighted by Crippen LogP contribution is 2.42. The van der Waals surface area contributed by atoms with E-state index in [2.05, 4.69) is 5.32 Å². The Morgan fingerprint density at radius 3 is 2.49 bits per heavy atom. The Bertz CT molecular complexity index is 1450. The molecule has 0 saturated heterocycles. The Morgan fingerprint density at radius 1 is 1.16 bits per heavy atom. The molecule has 0 atom stereocenters. The zero-order valence-electron chi connectivity index (χ0n) is 19.2. The van der Waals surface area contributed by atoms with Crippen molar-refractivity contribution in [2.45, 2.75) is 13.1 Å². The molecular formula is C25H17F3IN3O5. The normalized spacial score (nSPS) is 11.4. The molecule has 0 unspecified atom stereocenters. The summed E-state index contributed by atoms with van der Waals surface area (Å²) in [4.78, 5) is 23.0. The number of rotatable bonds is 7. The molecule has 3 aromatic carbocycles. The number of hydrogen-bond acceptors (Lipinski definition) is 6. The van der Waals surface area contributed by atoms with Gasteiger partial charge < -0.3 is 14.8 Å². The molecule has 0 heterocycles. The maximum absolute atomic E-state index is 13.0. The van der Waals surface area contributed by atoms with Gasteiger partial charge in [-0.15, -0.1) is 0 Å². The van der Waals surface area contributed by atoms with E-state index in [1.807, 2.05) is 41.7 Å². The summed E-state index contributed by atoms with van der Waals surface area (Å²) in [6.45, 7) is 1.85. The van der Waals surface area contributed by atoms with E-state index in [0.717, 1.165) is 11.6 Å². The number of nitro benzene ring substituents is 1. The number of nitrogens with one attached hydrogen (secondary N) is 1. The first-order chi connectivity index (χ1) is 17.4. The highest BCUT2D eigenvalue weighted by Gasteiger charge is 2.33. The lowest BCUT2D eigenvalue weighted by Gasteiger charge is -2.14. The van der Waals surface area contributed by atoms with Crippen LogP contribution in [-0.2, 0) is 11.0 Å². The third-order valence-electron chi connectivity index (χ3n) is 4.90. The van der Waals surface area contributed by atoms with Gasteiger partial charge >= 0.3 is 11.9 Å². The van der Waals surface area contributed by atoms with Crippen molar-refractivity contribution in [1.29, 1.82) is 5.26 Å². The number of halogens is 4. The number of carbonyl (C=O) groups excluding carboxylic acids is 1. The fourth-order valence-corrected chi connectivity index (χ4v) is 3.93. The van der Waals surface area contributed by atoms with Crippen LogP contribution in [-0.4, -0.2) is 17.9 Å². The zero-order chi connectivity index (χ0) is 27.3. The number of anilines is 1. The van der Waals surface area contributed by atoms with Crippen molar-refractivity contribution >= 4 is 45.9 Å². The first kappa shape index (κ1) is 27.5. The summed E-state index contributed by atoms with van der Waals surface area (Å²) in [6, 6.07) is 13.7. The smallest absolute Gasteiger partial charge is 0.416 e. The second-order valence-corrected chi connectivity index (χ2v) is 8.73. The molecule has 3 aromatic rings. The molecule has 0 bridgehead atoms. The van der Waals surface area contributed by atoms with Gasteiger partial charge in [0.2, 0.25) is 5.75 Å². The Kier molecular flexibility index (Phi) is 8.38. The number of benzene rings is 3. The van der Waals surface area contributed by atoms with Crippen LogP contribution >= 0.6 is 22.6 Å². The Hall–Kier alpha value is -4.12. The number of carbonyl (C=O) groups is 1. The number of ether oxygens (including phenoxy) is 2. The minimum absolute atomic E-state index is 0.00540. The van der Waals surface area contributed by atoms with Crippen LogP contribution in [0.5, 0.6) is 17.2 Å². The number of hydrogen-bond donors (Lipinski definition) is 1. The number of nitro groups is 1. The first-order valence-electron chi connectivity index (χ1n) is 10.3. The van der Waals surface area contributed by atoms with Gasteiger partial charge in [0.1, 0.15) is 11.6 Å². The standard InChI is InChI=1S/C25H17F3IN3O5/c1-14-4-3-5-18(8-14)31-24(33)16(13-30)9-15-10-19(29)23(22(11-15)36-2)37-21-7-6-17(25(26,27)28)12-20(21)32(34)35/h3-12H,1-2H3,(H,31,33)/b16-9+. The molecule has 1 amide bonds. The lowest BCUT2D eigenvalue weighted by atomic mass is 10.1. The van der Waals surface area contributed by atoms with Crippen molar-refractivity contribution in [3.05, 3.63) is 90.5 Å². The topological polar surface area (TPSA) is 114 Å². The molecule has 0 fully saturated rings. The fraction of sp³-hybridized carbons (Fsp3) is 0.120. The van der Waals surface area contributed by atoms with Crippen molar-refractivity contribution in [2.75, 3.05) is 12.4 Å². The highest BCUT2D eigenvalue weighted by molar-refractivity contribution is 14.1. The van der Waals surface area contributed by atoms with Crippen LogP contribution in [0.25, 0.3) is 6.08 Å². The molecular weight excluding hydrogens is 606 g/mol. The van der Waals surface area contributed by atoms with E-state index in [4.69, 9.17) is 9.47 Å².